The van der Waals surface area contributed by atoms with Gasteiger partial charge in [0.1, 0.15) is 22.9 Å². The number of carbonyl (C=O) groups is 1. The summed E-state index contributed by atoms with van der Waals surface area (Å²) in [6, 6.07) is 13.9. The predicted molar refractivity (Wildman–Crippen MR) is 107 cm³/mol. The van der Waals surface area contributed by atoms with E-state index in [4.69, 9.17) is 4.74 Å². The Morgan fingerprint density at radius 3 is 2.86 bits per heavy atom. The molecule has 0 saturated heterocycles. The van der Waals surface area contributed by atoms with Crippen LogP contribution in [0.15, 0.2) is 48.5 Å². The summed E-state index contributed by atoms with van der Waals surface area (Å²) in [5.74, 6) is 0.613. The first-order valence-electron chi connectivity index (χ1n) is 8.58. The van der Waals surface area contributed by atoms with E-state index in [0.29, 0.717) is 22.2 Å². The van der Waals surface area contributed by atoms with Crippen LogP contribution >= 0.6 is 11.3 Å². The van der Waals surface area contributed by atoms with Gasteiger partial charge in [0.2, 0.25) is 11.0 Å². The van der Waals surface area contributed by atoms with Crippen molar-refractivity contribution in [1.82, 2.24) is 14.8 Å². The fourth-order valence-electron chi connectivity index (χ4n) is 2.88. The zero-order valence-electron chi connectivity index (χ0n) is 15.3. The largest absolute Gasteiger partial charge is 0.497 e. The fourth-order valence-corrected chi connectivity index (χ4v) is 3.83. The molecule has 28 heavy (non-hydrogen) atoms. The molecule has 0 radical (unpaired) electrons. The van der Waals surface area contributed by atoms with Crippen LogP contribution in [0.3, 0.4) is 0 Å². The number of thiazole rings is 1. The average Bonchev–Trinajstić information content (AvgIpc) is 3.26. The molecule has 4 aromatic rings. The highest BCUT2D eigenvalue weighted by Gasteiger charge is 2.16. The van der Waals surface area contributed by atoms with Gasteiger partial charge in [0.05, 0.1) is 23.9 Å². The molecule has 0 saturated carbocycles. The molecule has 2 aromatic heterocycles. The van der Waals surface area contributed by atoms with Crippen molar-refractivity contribution in [3.05, 3.63) is 65.6 Å². The molecule has 142 valence electrons. The summed E-state index contributed by atoms with van der Waals surface area (Å²) in [7, 11) is 1.58. The molecule has 0 bridgehead atoms. The number of aromatic nitrogens is 3. The summed E-state index contributed by atoms with van der Waals surface area (Å²) in [6.45, 7) is 1.82. The van der Waals surface area contributed by atoms with E-state index in [2.05, 4.69) is 15.4 Å². The normalized spacial score (nSPS) is 11.0. The molecule has 2 aromatic carbocycles. The summed E-state index contributed by atoms with van der Waals surface area (Å²) < 4.78 is 21.4. The number of amides is 1. The standard InChI is InChI=1S/C20H17FN4O2S/c1-12-9-17(22-18(26)11-13-5-3-6-14(10-13)27-2)25(24-12)20-23-19-15(21)7-4-8-16(19)28-20/h3-10H,11H2,1-2H3,(H,22,26). The van der Waals surface area contributed by atoms with Crippen LogP contribution in [0, 0.1) is 12.7 Å². The van der Waals surface area contributed by atoms with Crippen LogP contribution in [0.4, 0.5) is 10.2 Å². The molecular formula is C20H17FN4O2S. The van der Waals surface area contributed by atoms with Gasteiger partial charge in [0.15, 0.2) is 0 Å². The van der Waals surface area contributed by atoms with Gasteiger partial charge >= 0.3 is 0 Å². The van der Waals surface area contributed by atoms with Crippen molar-refractivity contribution in [3.8, 4) is 10.9 Å². The monoisotopic (exact) mass is 396 g/mol. The minimum atomic E-state index is -0.382. The topological polar surface area (TPSA) is 69.0 Å². The highest BCUT2D eigenvalue weighted by molar-refractivity contribution is 7.20. The zero-order valence-corrected chi connectivity index (χ0v) is 16.1. The Labute approximate surface area is 164 Å². The van der Waals surface area contributed by atoms with Crippen molar-refractivity contribution >= 4 is 33.3 Å². The Hall–Kier alpha value is -3.26. The second-order valence-electron chi connectivity index (χ2n) is 6.24. The number of benzene rings is 2. The summed E-state index contributed by atoms with van der Waals surface area (Å²) in [5, 5.41) is 7.76. The van der Waals surface area contributed by atoms with Crippen molar-refractivity contribution in [2.24, 2.45) is 0 Å². The number of hydrogen-bond donors (Lipinski definition) is 1. The number of halogens is 1. The number of para-hydroxylation sites is 1. The van der Waals surface area contributed by atoms with Crippen molar-refractivity contribution in [2.75, 3.05) is 12.4 Å². The first-order chi connectivity index (χ1) is 13.5. The van der Waals surface area contributed by atoms with E-state index in [0.717, 1.165) is 16.0 Å². The van der Waals surface area contributed by atoms with Gasteiger partial charge in [0.25, 0.3) is 0 Å². The molecule has 1 N–H and O–H groups in total. The highest BCUT2D eigenvalue weighted by atomic mass is 32.1. The maximum atomic E-state index is 14.0. The highest BCUT2D eigenvalue weighted by Crippen LogP contribution is 2.28. The lowest BCUT2D eigenvalue weighted by Crippen LogP contribution is -2.17. The van der Waals surface area contributed by atoms with Crippen molar-refractivity contribution in [1.29, 1.82) is 0 Å². The molecule has 0 aliphatic carbocycles. The molecule has 0 unspecified atom stereocenters. The van der Waals surface area contributed by atoms with Crippen LogP contribution in [0.1, 0.15) is 11.3 Å². The van der Waals surface area contributed by atoms with Gasteiger partial charge in [-0.1, -0.05) is 29.5 Å². The molecule has 8 heteroatoms. The maximum absolute atomic E-state index is 14.0. The lowest BCUT2D eigenvalue weighted by molar-refractivity contribution is -0.115. The van der Waals surface area contributed by atoms with Gasteiger partial charge in [-0.15, -0.1) is 0 Å². The van der Waals surface area contributed by atoms with Crippen molar-refractivity contribution < 1.29 is 13.9 Å². The number of nitrogens with zero attached hydrogens (tertiary/aromatic N) is 3. The average molecular weight is 396 g/mol. The van der Waals surface area contributed by atoms with Gasteiger partial charge in [0, 0.05) is 6.07 Å². The van der Waals surface area contributed by atoms with Crippen LogP contribution in [0.25, 0.3) is 15.3 Å². The van der Waals surface area contributed by atoms with E-state index in [1.54, 1.807) is 25.3 Å². The van der Waals surface area contributed by atoms with Crippen LogP contribution in [0.2, 0.25) is 0 Å². The van der Waals surface area contributed by atoms with E-state index in [9.17, 15) is 9.18 Å². The van der Waals surface area contributed by atoms with Crippen LogP contribution in [-0.2, 0) is 11.2 Å². The lowest BCUT2D eigenvalue weighted by atomic mass is 10.1. The molecule has 0 fully saturated rings. The number of carbonyl (C=O) groups excluding carboxylic acids is 1. The molecule has 0 aliphatic heterocycles. The zero-order chi connectivity index (χ0) is 19.7. The Kier molecular flexibility index (Phi) is 4.79. The number of methoxy groups -OCH3 is 1. The number of fused-ring (bicyclic) bond motifs is 1. The van der Waals surface area contributed by atoms with E-state index < -0.39 is 0 Å². The second-order valence-corrected chi connectivity index (χ2v) is 7.25. The Morgan fingerprint density at radius 2 is 2.07 bits per heavy atom. The predicted octanol–water partition coefficient (Wildman–Crippen LogP) is 4.12. The molecule has 0 spiro atoms. The van der Waals surface area contributed by atoms with Crippen molar-refractivity contribution in [2.45, 2.75) is 13.3 Å². The summed E-state index contributed by atoms with van der Waals surface area (Å²) in [5.41, 5.74) is 1.85. The smallest absolute Gasteiger partial charge is 0.229 e. The van der Waals surface area contributed by atoms with Gasteiger partial charge in [-0.3, -0.25) is 4.79 Å². The minimum Gasteiger partial charge on any atom is -0.497 e. The summed E-state index contributed by atoms with van der Waals surface area (Å²) in [6.07, 6.45) is 0.190. The molecule has 0 atom stereocenters. The van der Waals surface area contributed by atoms with Crippen molar-refractivity contribution in [3.63, 3.8) is 0 Å². The van der Waals surface area contributed by atoms with Gasteiger partial charge in [-0.25, -0.2) is 9.37 Å². The number of nitrogens with one attached hydrogen (secondary N) is 1. The second kappa shape index (κ2) is 7.40. The summed E-state index contributed by atoms with van der Waals surface area (Å²) in [4.78, 5) is 16.9. The van der Waals surface area contributed by atoms with Crippen LogP contribution in [-0.4, -0.2) is 27.8 Å². The molecular weight excluding hydrogens is 379 g/mol. The molecule has 1 amide bonds. The first kappa shape index (κ1) is 18.1. The SMILES string of the molecule is COc1cccc(CC(=O)Nc2cc(C)nn2-c2nc3c(F)cccc3s2)c1. The molecule has 2 heterocycles. The molecule has 0 aliphatic rings. The Balaban J connectivity index is 1.60. The number of ether oxygens (including phenoxy) is 1. The third-order valence-electron chi connectivity index (χ3n) is 4.14. The number of hydrogen-bond acceptors (Lipinski definition) is 5. The summed E-state index contributed by atoms with van der Waals surface area (Å²) >= 11 is 1.31. The Bertz CT molecular complexity index is 1170. The lowest BCUT2D eigenvalue weighted by Gasteiger charge is -2.07. The van der Waals surface area contributed by atoms with E-state index >= 15 is 0 Å². The number of anilines is 1. The third-order valence-corrected chi connectivity index (χ3v) is 5.13. The van der Waals surface area contributed by atoms with Crippen LogP contribution in [0.5, 0.6) is 5.75 Å². The Morgan fingerprint density at radius 1 is 1.25 bits per heavy atom. The van der Waals surface area contributed by atoms with Gasteiger partial charge < -0.3 is 10.1 Å². The van der Waals surface area contributed by atoms with Gasteiger partial charge in [-0.05, 0) is 36.8 Å². The maximum Gasteiger partial charge on any atom is 0.229 e. The third kappa shape index (κ3) is 3.59. The number of aryl methyl sites for hydroxylation is 1. The fraction of sp³-hybridized carbons (Fsp3) is 0.150. The number of rotatable bonds is 5. The first-order valence-corrected chi connectivity index (χ1v) is 9.40. The molecule has 4 rings (SSSR count). The molecule has 6 nitrogen and oxygen atoms in total. The van der Waals surface area contributed by atoms with Crippen LogP contribution < -0.4 is 10.1 Å². The quantitative estimate of drug-likeness (QED) is 0.551. The van der Waals surface area contributed by atoms with E-state index in [1.165, 1.54) is 22.1 Å². The van der Waals surface area contributed by atoms with Gasteiger partial charge in [-0.2, -0.15) is 9.78 Å². The van der Waals surface area contributed by atoms with E-state index in [-0.39, 0.29) is 18.1 Å². The minimum absolute atomic E-state index is 0.190. The van der Waals surface area contributed by atoms with E-state index in [1.807, 2.05) is 31.2 Å².